The van der Waals surface area contributed by atoms with Crippen LogP contribution in [-0.2, 0) is 9.84 Å². The van der Waals surface area contributed by atoms with Gasteiger partial charge in [0, 0.05) is 12.1 Å². The van der Waals surface area contributed by atoms with Crippen LogP contribution < -0.4 is 0 Å². The zero-order valence-corrected chi connectivity index (χ0v) is 12.0. The first-order valence-corrected chi connectivity index (χ1v) is 8.45. The molecular formula is C10H12ClNO4S2. The van der Waals surface area contributed by atoms with Crippen LogP contribution in [-0.4, -0.2) is 31.2 Å². The Hall–Kier alpha value is -0.790. The Morgan fingerprint density at radius 1 is 1.44 bits per heavy atom. The van der Waals surface area contributed by atoms with E-state index in [4.69, 9.17) is 11.6 Å². The summed E-state index contributed by atoms with van der Waals surface area (Å²) >= 11 is 6.77. The van der Waals surface area contributed by atoms with Gasteiger partial charge in [-0.25, -0.2) is 8.42 Å². The third kappa shape index (κ3) is 3.86. The van der Waals surface area contributed by atoms with Crippen molar-refractivity contribution in [3.8, 4) is 0 Å². The normalized spacial score (nSPS) is 11.4. The molecule has 1 aromatic rings. The Kier molecular flexibility index (Phi) is 5.43. The molecule has 0 atom stereocenters. The fourth-order valence-corrected chi connectivity index (χ4v) is 3.56. The Balaban J connectivity index is 3.23. The lowest BCUT2D eigenvalue weighted by Gasteiger charge is -2.05. The SMILES string of the molecule is CS(=O)(=O)c1cccc(SCCCCl)c1[N+](=O)[O-]. The van der Waals surface area contributed by atoms with Gasteiger partial charge in [-0.15, -0.1) is 23.4 Å². The highest BCUT2D eigenvalue weighted by Gasteiger charge is 2.25. The summed E-state index contributed by atoms with van der Waals surface area (Å²) in [5.41, 5.74) is -0.348. The van der Waals surface area contributed by atoms with E-state index in [1.165, 1.54) is 23.9 Å². The summed E-state index contributed by atoms with van der Waals surface area (Å²) < 4.78 is 23.0. The zero-order valence-electron chi connectivity index (χ0n) is 9.63. The van der Waals surface area contributed by atoms with E-state index in [0.717, 1.165) is 6.26 Å². The molecule has 0 amide bonds. The second-order valence-corrected chi connectivity index (χ2v) is 7.02. The summed E-state index contributed by atoms with van der Waals surface area (Å²) in [7, 11) is -3.61. The van der Waals surface area contributed by atoms with Gasteiger partial charge in [0.1, 0.15) is 4.90 Å². The van der Waals surface area contributed by atoms with Gasteiger partial charge in [0.2, 0.25) is 0 Å². The Labute approximate surface area is 115 Å². The fourth-order valence-electron chi connectivity index (χ4n) is 1.33. The molecule has 0 aliphatic rings. The van der Waals surface area contributed by atoms with Crippen molar-refractivity contribution in [3.05, 3.63) is 28.3 Å². The lowest BCUT2D eigenvalue weighted by Crippen LogP contribution is -2.04. The number of nitrogens with zero attached hydrogens (tertiary/aromatic N) is 1. The van der Waals surface area contributed by atoms with E-state index in [9.17, 15) is 18.5 Å². The van der Waals surface area contributed by atoms with Crippen molar-refractivity contribution < 1.29 is 13.3 Å². The van der Waals surface area contributed by atoms with Gasteiger partial charge in [0.15, 0.2) is 9.84 Å². The molecule has 0 saturated carbocycles. The van der Waals surface area contributed by atoms with Crippen molar-refractivity contribution >= 4 is 38.9 Å². The number of hydrogen-bond donors (Lipinski definition) is 0. The summed E-state index contributed by atoms with van der Waals surface area (Å²) in [6, 6.07) is 4.30. The number of nitro groups is 1. The topological polar surface area (TPSA) is 77.3 Å². The van der Waals surface area contributed by atoms with E-state index in [-0.39, 0.29) is 10.6 Å². The van der Waals surface area contributed by atoms with Gasteiger partial charge in [-0.05, 0) is 24.3 Å². The maximum Gasteiger partial charge on any atom is 0.301 e. The molecule has 8 heteroatoms. The maximum atomic E-state index is 11.5. The predicted molar refractivity (Wildman–Crippen MR) is 72.3 cm³/mol. The van der Waals surface area contributed by atoms with Crippen LogP contribution in [0.1, 0.15) is 6.42 Å². The van der Waals surface area contributed by atoms with E-state index in [1.807, 2.05) is 0 Å². The van der Waals surface area contributed by atoms with Crippen LogP contribution in [0.4, 0.5) is 5.69 Å². The van der Waals surface area contributed by atoms with Crippen molar-refractivity contribution in [1.82, 2.24) is 0 Å². The third-order valence-corrected chi connectivity index (χ3v) is 4.61. The molecule has 0 unspecified atom stereocenters. The van der Waals surface area contributed by atoms with Gasteiger partial charge in [-0.1, -0.05) is 6.07 Å². The van der Waals surface area contributed by atoms with E-state index in [1.54, 1.807) is 6.07 Å². The maximum absolute atomic E-state index is 11.5. The molecule has 0 bridgehead atoms. The van der Waals surface area contributed by atoms with Crippen LogP contribution in [0.5, 0.6) is 0 Å². The molecule has 18 heavy (non-hydrogen) atoms. The lowest BCUT2D eigenvalue weighted by molar-refractivity contribution is -0.390. The lowest BCUT2D eigenvalue weighted by atomic mass is 10.3. The third-order valence-electron chi connectivity index (χ3n) is 2.08. The van der Waals surface area contributed by atoms with E-state index < -0.39 is 14.8 Å². The predicted octanol–water partition coefficient (Wildman–Crippen LogP) is 2.72. The number of nitro benzene ring substituents is 1. The first-order valence-electron chi connectivity index (χ1n) is 5.04. The Morgan fingerprint density at radius 3 is 2.61 bits per heavy atom. The minimum absolute atomic E-state index is 0.247. The zero-order chi connectivity index (χ0) is 13.8. The highest BCUT2D eigenvalue weighted by molar-refractivity contribution is 7.99. The van der Waals surface area contributed by atoms with Crippen LogP contribution in [0.15, 0.2) is 28.0 Å². The number of rotatable bonds is 6. The van der Waals surface area contributed by atoms with Gasteiger partial charge in [-0.3, -0.25) is 10.1 Å². The largest absolute Gasteiger partial charge is 0.301 e. The number of hydrogen-bond acceptors (Lipinski definition) is 5. The number of alkyl halides is 1. The minimum Gasteiger partial charge on any atom is -0.258 e. The molecule has 0 N–H and O–H groups in total. The number of benzene rings is 1. The Bertz CT molecular complexity index is 545. The number of sulfone groups is 1. The molecule has 1 rings (SSSR count). The molecule has 0 aromatic heterocycles. The van der Waals surface area contributed by atoms with Crippen molar-refractivity contribution in [2.24, 2.45) is 0 Å². The summed E-state index contributed by atoms with van der Waals surface area (Å²) in [6.45, 7) is 0. The first kappa shape index (κ1) is 15.3. The molecule has 100 valence electrons. The smallest absolute Gasteiger partial charge is 0.258 e. The summed E-state index contributed by atoms with van der Waals surface area (Å²) in [4.78, 5) is 10.5. The molecule has 0 saturated heterocycles. The molecule has 0 fully saturated rings. The highest BCUT2D eigenvalue weighted by atomic mass is 35.5. The monoisotopic (exact) mass is 309 g/mol. The molecule has 0 aliphatic heterocycles. The van der Waals surface area contributed by atoms with Crippen molar-refractivity contribution in [2.75, 3.05) is 17.9 Å². The summed E-state index contributed by atoms with van der Waals surface area (Å²) in [5.74, 6) is 1.07. The molecule has 1 aromatic carbocycles. The average molecular weight is 310 g/mol. The fraction of sp³-hybridized carbons (Fsp3) is 0.400. The van der Waals surface area contributed by atoms with Gasteiger partial charge in [0.25, 0.3) is 0 Å². The molecule has 0 spiro atoms. The van der Waals surface area contributed by atoms with Crippen LogP contribution in [0.3, 0.4) is 0 Å². The second-order valence-electron chi connectivity index (χ2n) is 3.52. The number of halogens is 1. The van der Waals surface area contributed by atoms with Crippen LogP contribution in [0.2, 0.25) is 0 Å². The Morgan fingerprint density at radius 2 is 2.11 bits per heavy atom. The van der Waals surface area contributed by atoms with Crippen LogP contribution >= 0.6 is 23.4 Å². The van der Waals surface area contributed by atoms with E-state index in [0.29, 0.717) is 22.9 Å². The molecule has 5 nitrogen and oxygen atoms in total. The second kappa shape index (κ2) is 6.40. The minimum atomic E-state index is -3.61. The first-order chi connectivity index (χ1) is 8.38. The van der Waals surface area contributed by atoms with E-state index >= 15 is 0 Å². The van der Waals surface area contributed by atoms with Crippen LogP contribution in [0.25, 0.3) is 0 Å². The molecule has 0 aliphatic carbocycles. The molecule has 0 heterocycles. The van der Waals surface area contributed by atoms with Crippen LogP contribution in [0, 0.1) is 10.1 Å². The van der Waals surface area contributed by atoms with Crippen molar-refractivity contribution in [2.45, 2.75) is 16.2 Å². The van der Waals surface area contributed by atoms with Crippen molar-refractivity contribution in [3.63, 3.8) is 0 Å². The van der Waals surface area contributed by atoms with Gasteiger partial charge in [-0.2, -0.15) is 0 Å². The number of thioether (sulfide) groups is 1. The number of para-hydroxylation sites is 1. The average Bonchev–Trinajstić information content (AvgIpc) is 2.27. The van der Waals surface area contributed by atoms with Gasteiger partial charge in [0.05, 0.1) is 9.82 Å². The standard InChI is InChI=1S/C10H12ClNO4S2/c1-18(15,16)9-5-2-4-8(10(9)12(13)14)17-7-3-6-11/h2,4-5H,3,6-7H2,1H3. The molecular weight excluding hydrogens is 298 g/mol. The van der Waals surface area contributed by atoms with Gasteiger partial charge < -0.3 is 0 Å². The molecule has 0 radical (unpaired) electrons. The highest BCUT2D eigenvalue weighted by Crippen LogP contribution is 2.35. The summed E-state index contributed by atoms with van der Waals surface area (Å²) in [5, 5.41) is 11.0. The van der Waals surface area contributed by atoms with Crippen molar-refractivity contribution in [1.29, 1.82) is 0 Å². The summed E-state index contributed by atoms with van der Waals surface area (Å²) in [6.07, 6.45) is 1.66. The van der Waals surface area contributed by atoms with E-state index in [2.05, 4.69) is 0 Å². The quantitative estimate of drug-likeness (QED) is 0.265. The van der Waals surface area contributed by atoms with Gasteiger partial charge >= 0.3 is 5.69 Å².